The van der Waals surface area contributed by atoms with Crippen molar-refractivity contribution in [3.05, 3.63) is 18.7 Å². The third kappa shape index (κ3) is 2.22. The highest BCUT2D eigenvalue weighted by Gasteiger charge is 2.20. The molecule has 0 radical (unpaired) electrons. The van der Waals surface area contributed by atoms with Crippen molar-refractivity contribution in [2.45, 2.75) is 38.6 Å². The van der Waals surface area contributed by atoms with Gasteiger partial charge in [0, 0.05) is 6.04 Å². The van der Waals surface area contributed by atoms with E-state index in [-0.39, 0.29) is 0 Å². The van der Waals surface area contributed by atoms with Crippen LogP contribution < -0.4 is 5.32 Å². The number of nitrogens with zero attached hydrogens (tertiary/aromatic N) is 2. The zero-order valence-electron chi connectivity index (χ0n) is 8.61. The molecule has 3 heteroatoms. The van der Waals surface area contributed by atoms with Crippen LogP contribution in [0.25, 0.3) is 0 Å². The van der Waals surface area contributed by atoms with E-state index in [1.54, 1.807) is 6.33 Å². The van der Waals surface area contributed by atoms with Gasteiger partial charge in [-0.05, 0) is 18.8 Å². The van der Waals surface area contributed by atoms with Gasteiger partial charge in [-0.1, -0.05) is 19.8 Å². The van der Waals surface area contributed by atoms with Crippen molar-refractivity contribution in [2.24, 2.45) is 5.92 Å². The quantitative estimate of drug-likeness (QED) is 0.780. The predicted octanol–water partition coefficient (Wildman–Crippen LogP) is 2.47. The fourth-order valence-electron chi connectivity index (χ4n) is 2.12. The summed E-state index contributed by atoms with van der Waals surface area (Å²) in [5.41, 5.74) is 1.05. The molecule has 0 aromatic carbocycles. The summed E-state index contributed by atoms with van der Waals surface area (Å²) in [4.78, 5) is 8.00. The summed E-state index contributed by atoms with van der Waals surface area (Å²) in [5.74, 6) is 0.768. The molecule has 1 heterocycles. The molecule has 2 atom stereocenters. The van der Waals surface area contributed by atoms with Crippen molar-refractivity contribution >= 4 is 5.69 Å². The monoisotopic (exact) mass is 191 g/mol. The molecular weight excluding hydrogens is 174 g/mol. The molecule has 1 aromatic heterocycles. The molecule has 2 rings (SSSR count). The maximum atomic E-state index is 4.00. The lowest BCUT2D eigenvalue weighted by molar-refractivity contribution is 0.349. The van der Waals surface area contributed by atoms with Crippen LogP contribution in [0, 0.1) is 5.92 Å². The van der Waals surface area contributed by atoms with Crippen LogP contribution in [0.1, 0.15) is 32.6 Å². The topological polar surface area (TPSA) is 37.8 Å². The summed E-state index contributed by atoms with van der Waals surface area (Å²) in [6.07, 6.45) is 10.6. The lowest BCUT2D eigenvalue weighted by atomic mass is 9.86. The van der Waals surface area contributed by atoms with Crippen LogP contribution in [0.5, 0.6) is 0 Å². The van der Waals surface area contributed by atoms with Crippen LogP contribution >= 0.6 is 0 Å². The van der Waals surface area contributed by atoms with Gasteiger partial charge in [-0.15, -0.1) is 0 Å². The molecule has 0 spiro atoms. The van der Waals surface area contributed by atoms with E-state index in [0.717, 1.165) is 11.6 Å². The Morgan fingerprint density at radius 2 is 1.93 bits per heavy atom. The highest BCUT2D eigenvalue weighted by atomic mass is 15.0. The number of hydrogen-bond acceptors (Lipinski definition) is 3. The van der Waals surface area contributed by atoms with Crippen molar-refractivity contribution < 1.29 is 0 Å². The molecule has 1 aliphatic rings. The highest BCUT2D eigenvalue weighted by Crippen LogP contribution is 2.26. The first-order chi connectivity index (χ1) is 6.86. The van der Waals surface area contributed by atoms with Gasteiger partial charge >= 0.3 is 0 Å². The molecule has 1 aromatic rings. The van der Waals surface area contributed by atoms with E-state index >= 15 is 0 Å². The minimum atomic E-state index is 0.606. The van der Waals surface area contributed by atoms with E-state index in [1.807, 2.05) is 12.4 Å². The summed E-state index contributed by atoms with van der Waals surface area (Å²) in [6, 6.07) is 0.606. The maximum absolute atomic E-state index is 4.00. The van der Waals surface area contributed by atoms with Gasteiger partial charge in [-0.2, -0.15) is 0 Å². The van der Waals surface area contributed by atoms with Crippen LogP contribution in [0.4, 0.5) is 5.69 Å². The Hall–Kier alpha value is -1.12. The van der Waals surface area contributed by atoms with Crippen molar-refractivity contribution in [3.63, 3.8) is 0 Å². The van der Waals surface area contributed by atoms with E-state index in [0.29, 0.717) is 6.04 Å². The molecule has 1 saturated carbocycles. The van der Waals surface area contributed by atoms with Crippen molar-refractivity contribution in [3.8, 4) is 0 Å². The van der Waals surface area contributed by atoms with E-state index in [4.69, 9.17) is 0 Å². The number of hydrogen-bond donors (Lipinski definition) is 1. The van der Waals surface area contributed by atoms with Gasteiger partial charge in [-0.25, -0.2) is 9.97 Å². The van der Waals surface area contributed by atoms with Gasteiger partial charge in [0.2, 0.25) is 0 Å². The average molecular weight is 191 g/mol. The van der Waals surface area contributed by atoms with Crippen LogP contribution in [-0.2, 0) is 0 Å². The summed E-state index contributed by atoms with van der Waals surface area (Å²) >= 11 is 0. The molecule has 1 aliphatic carbocycles. The second kappa shape index (κ2) is 4.40. The first-order valence-electron chi connectivity index (χ1n) is 5.38. The van der Waals surface area contributed by atoms with Gasteiger partial charge in [0.25, 0.3) is 0 Å². The minimum Gasteiger partial charge on any atom is -0.380 e. The molecule has 0 bridgehead atoms. The third-order valence-electron chi connectivity index (χ3n) is 3.02. The van der Waals surface area contributed by atoms with Crippen LogP contribution in [0.3, 0.4) is 0 Å². The van der Waals surface area contributed by atoms with E-state index < -0.39 is 0 Å². The van der Waals surface area contributed by atoms with Crippen LogP contribution in [0.15, 0.2) is 18.7 Å². The van der Waals surface area contributed by atoms with Crippen molar-refractivity contribution in [1.29, 1.82) is 0 Å². The third-order valence-corrected chi connectivity index (χ3v) is 3.02. The smallest absolute Gasteiger partial charge is 0.115 e. The SMILES string of the molecule is CC1CCCCC1Nc1cncnc1. The highest BCUT2D eigenvalue weighted by molar-refractivity contribution is 5.38. The largest absolute Gasteiger partial charge is 0.380 e. The van der Waals surface area contributed by atoms with Crippen molar-refractivity contribution in [1.82, 2.24) is 9.97 Å². The first-order valence-corrected chi connectivity index (χ1v) is 5.38. The number of rotatable bonds is 2. The molecule has 3 nitrogen and oxygen atoms in total. The zero-order valence-corrected chi connectivity index (χ0v) is 8.61. The lowest BCUT2D eigenvalue weighted by Crippen LogP contribution is -2.30. The zero-order chi connectivity index (χ0) is 9.80. The molecule has 76 valence electrons. The standard InChI is InChI=1S/C11H17N3/c1-9-4-2-3-5-11(9)14-10-6-12-8-13-7-10/h6-9,11,14H,2-5H2,1H3. The lowest BCUT2D eigenvalue weighted by Gasteiger charge is -2.30. The second-order valence-corrected chi connectivity index (χ2v) is 4.14. The molecule has 0 amide bonds. The fraction of sp³-hybridized carbons (Fsp3) is 0.636. The maximum Gasteiger partial charge on any atom is 0.115 e. The summed E-state index contributed by atoms with van der Waals surface area (Å²) in [5, 5.41) is 3.51. The Balaban J connectivity index is 1.96. The Kier molecular flexibility index (Phi) is 2.96. The normalized spacial score (nSPS) is 27.2. The Bertz CT molecular complexity index is 273. The Morgan fingerprint density at radius 1 is 1.21 bits per heavy atom. The summed E-state index contributed by atoms with van der Waals surface area (Å²) in [7, 11) is 0. The van der Waals surface area contributed by atoms with Gasteiger partial charge in [0.15, 0.2) is 0 Å². The molecule has 2 unspecified atom stereocenters. The second-order valence-electron chi connectivity index (χ2n) is 4.14. The number of nitrogens with one attached hydrogen (secondary N) is 1. The molecule has 1 N–H and O–H groups in total. The fourth-order valence-corrected chi connectivity index (χ4v) is 2.12. The summed E-state index contributed by atoms with van der Waals surface area (Å²) in [6.45, 7) is 2.32. The minimum absolute atomic E-state index is 0.606. The predicted molar refractivity (Wildman–Crippen MR) is 57.1 cm³/mol. The Labute approximate surface area is 85.0 Å². The van der Waals surface area contributed by atoms with E-state index in [1.165, 1.54) is 25.7 Å². The number of aromatic nitrogens is 2. The van der Waals surface area contributed by atoms with Crippen LogP contribution in [-0.4, -0.2) is 16.0 Å². The average Bonchev–Trinajstić information content (AvgIpc) is 2.23. The molecule has 0 saturated heterocycles. The van der Waals surface area contributed by atoms with Crippen LogP contribution in [0.2, 0.25) is 0 Å². The molecule has 14 heavy (non-hydrogen) atoms. The first kappa shape index (κ1) is 9.44. The molecular formula is C11H17N3. The van der Waals surface area contributed by atoms with Crippen molar-refractivity contribution in [2.75, 3.05) is 5.32 Å². The van der Waals surface area contributed by atoms with Gasteiger partial charge in [0.1, 0.15) is 6.33 Å². The number of anilines is 1. The van der Waals surface area contributed by atoms with E-state index in [9.17, 15) is 0 Å². The van der Waals surface area contributed by atoms with Gasteiger partial charge in [-0.3, -0.25) is 0 Å². The molecule has 0 aliphatic heterocycles. The molecule has 1 fully saturated rings. The van der Waals surface area contributed by atoms with E-state index in [2.05, 4.69) is 22.2 Å². The summed E-state index contributed by atoms with van der Waals surface area (Å²) < 4.78 is 0. The van der Waals surface area contributed by atoms with Gasteiger partial charge < -0.3 is 5.32 Å². The van der Waals surface area contributed by atoms with Gasteiger partial charge in [0.05, 0.1) is 18.1 Å². The Morgan fingerprint density at radius 3 is 2.64 bits per heavy atom.